The number of hydrogen-bond acceptors (Lipinski definition) is 2. The summed E-state index contributed by atoms with van der Waals surface area (Å²) in [4.78, 5) is 10.4. The quantitative estimate of drug-likeness (QED) is 0.623. The molecule has 0 saturated heterocycles. The molecule has 0 saturated carbocycles. The number of rotatable bonds is 6. The van der Waals surface area contributed by atoms with Gasteiger partial charge in [0.1, 0.15) is 0 Å². The summed E-state index contributed by atoms with van der Waals surface area (Å²) in [5.74, 6) is -0.914. The number of carboxylic acids is 1. The predicted molar refractivity (Wildman–Crippen MR) is 51.5 cm³/mol. The van der Waals surface area contributed by atoms with Crippen LogP contribution in [0.1, 0.15) is 39.5 Å². The van der Waals surface area contributed by atoms with Crippen molar-refractivity contribution in [1.29, 1.82) is 0 Å². The fourth-order valence-corrected chi connectivity index (χ4v) is 0.958. The van der Waals surface area contributed by atoms with Gasteiger partial charge in [-0.3, -0.25) is 0 Å². The zero-order chi connectivity index (χ0) is 10.3. The van der Waals surface area contributed by atoms with Gasteiger partial charge in [0.25, 0.3) is 0 Å². The summed E-state index contributed by atoms with van der Waals surface area (Å²) in [6.45, 7) is 3.60. The van der Waals surface area contributed by atoms with Gasteiger partial charge in [0.05, 0.1) is 6.10 Å². The Balaban J connectivity index is 3.73. The highest BCUT2D eigenvalue weighted by atomic mass is 16.4. The number of carboxylic acid groups (broad SMARTS) is 1. The molecule has 0 aliphatic rings. The van der Waals surface area contributed by atoms with E-state index in [0.29, 0.717) is 12.0 Å². The Bertz CT molecular complexity index is 185. The van der Waals surface area contributed by atoms with Crippen LogP contribution in [0, 0.1) is 0 Å². The van der Waals surface area contributed by atoms with Gasteiger partial charge in [-0.15, -0.1) is 0 Å². The summed E-state index contributed by atoms with van der Waals surface area (Å²) in [6.07, 6.45) is 4.41. The molecular formula is C10H18O3. The first-order valence-electron chi connectivity index (χ1n) is 4.66. The molecule has 0 bridgehead atoms. The Morgan fingerprint density at radius 3 is 2.62 bits per heavy atom. The molecule has 0 amide bonds. The van der Waals surface area contributed by atoms with Gasteiger partial charge in [0.15, 0.2) is 0 Å². The monoisotopic (exact) mass is 186 g/mol. The maximum Gasteiger partial charge on any atom is 0.330 e. The van der Waals surface area contributed by atoms with Gasteiger partial charge in [-0.2, -0.15) is 0 Å². The van der Waals surface area contributed by atoms with Crippen molar-refractivity contribution in [2.75, 3.05) is 0 Å². The average molecular weight is 186 g/mol. The molecule has 0 fully saturated rings. The van der Waals surface area contributed by atoms with Gasteiger partial charge in [-0.25, -0.2) is 4.79 Å². The molecule has 0 spiro atoms. The van der Waals surface area contributed by atoms with Gasteiger partial charge >= 0.3 is 5.97 Å². The lowest BCUT2D eigenvalue weighted by Crippen LogP contribution is -2.05. The van der Waals surface area contributed by atoms with Crippen LogP contribution in [-0.4, -0.2) is 22.3 Å². The first-order valence-corrected chi connectivity index (χ1v) is 4.66. The molecule has 0 heterocycles. The van der Waals surface area contributed by atoms with Gasteiger partial charge < -0.3 is 10.2 Å². The van der Waals surface area contributed by atoms with Crippen LogP contribution in [0.2, 0.25) is 0 Å². The molecule has 0 aliphatic heterocycles. The third-order valence-electron chi connectivity index (χ3n) is 1.92. The van der Waals surface area contributed by atoms with Gasteiger partial charge in [0, 0.05) is 5.57 Å². The normalized spacial score (nSPS) is 14.2. The van der Waals surface area contributed by atoms with Crippen LogP contribution < -0.4 is 0 Å². The molecule has 0 aliphatic carbocycles. The fraction of sp³-hybridized carbons (Fsp3) is 0.700. The second-order valence-electron chi connectivity index (χ2n) is 3.22. The van der Waals surface area contributed by atoms with Gasteiger partial charge in [-0.1, -0.05) is 25.8 Å². The maximum absolute atomic E-state index is 10.4. The second-order valence-corrected chi connectivity index (χ2v) is 3.22. The number of unbranched alkanes of at least 4 members (excludes halogenated alkanes) is 1. The van der Waals surface area contributed by atoms with E-state index in [1.807, 2.05) is 0 Å². The predicted octanol–water partition coefficient (Wildman–Crippen LogP) is 1.96. The van der Waals surface area contributed by atoms with E-state index in [0.717, 1.165) is 19.3 Å². The fourth-order valence-electron chi connectivity index (χ4n) is 0.958. The molecule has 0 radical (unpaired) electrons. The highest BCUT2D eigenvalue weighted by Gasteiger charge is 2.03. The zero-order valence-corrected chi connectivity index (χ0v) is 8.29. The Labute approximate surface area is 79.1 Å². The van der Waals surface area contributed by atoms with Crippen LogP contribution in [0.25, 0.3) is 0 Å². The van der Waals surface area contributed by atoms with E-state index in [-0.39, 0.29) is 0 Å². The SMILES string of the molecule is CCCCC(O)CC=C(C)C(=O)O. The lowest BCUT2D eigenvalue weighted by Gasteiger charge is -2.06. The summed E-state index contributed by atoms with van der Waals surface area (Å²) in [6, 6.07) is 0. The van der Waals surface area contributed by atoms with Crippen LogP contribution in [0.4, 0.5) is 0 Å². The minimum atomic E-state index is -0.914. The Kier molecular flexibility index (Phi) is 6.24. The first kappa shape index (κ1) is 12.2. The van der Waals surface area contributed by atoms with E-state index in [9.17, 15) is 9.90 Å². The number of hydrogen-bond donors (Lipinski definition) is 2. The second kappa shape index (κ2) is 6.66. The lowest BCUT2D eigenvalue weighted by molar-refractivity contribution is -0.132. The van der Waals surface area contributed by atoms with Crippen molar-refractivity contribution in [2.45, 2.75) is 45.6 Å². The molecule has 2 N–H and O–H groups in total. The molecule has 76 valence electrons. The van der Waals surface area contributed by atoms with E-state index in [2.05, 4.69) is 6.92 Å². The minimum Gasteiger partial charge on any atom is -0.478 e. The molecule has 1 atom stereocenters. The van der Waals surface area contributed by atoms with Gasteiger partial charge in [-0.05, 0) is 19.8 Å². The zero-order valence-electron chi connectivity index (χ0n) is 8.29. The summed E-state index contributed by atoms with van der Waals surface area (Å²) in [7, 11) is 0. The third-order valence-corrected chi connectivity index (χ3v) is 1.92. The van der Waals surface area contributed by atoms with E-state index >= 15 is 0 Å². The van der Waals surface area contributed by atoms with Crippen LogP contribution in [0.5, 0.6) is 0 Å². The number of aliphatic hydroxyl groups excluding tert-OH is 1. The van der Waals surface area contributed by atoms with E-state index in [4.69, 9.17) is 5.11 Å². The van der Waals surface area contributed by atoms with Crippen molar-refractivity contribution in [3.63, 3.8) is 0 Å². The highest BCUT2D eigenvalue weighted by Crippen LogP contribution is 2.06. The average Bonchev–Trinajstić information content (AvgIpc) is 2.10. The van der Waals surface area contributed by atoms with Crippen molar-refractivity contribution in [2.24, 2.45) is 0 Å². The van der Waals surface area contributed by atoms with Gasteiger partial charge in [0.2, 0.25) is 0 Å². The van der Waals surface area contributed by atoms with Crippen molar-refractivity contribution < 1.29 is 15.0 Å². The number of aliphatic carboxylic acids is 1. The van der Waals surface area contributed by atoms with Crippen LogP contribution in [-0.2, 0) is 4.79 Å². The molecule has 0 rings (SSSR count). The van der Waals surface area contributed by atoms with E-state index < -0.39 is 12.1 Å². The molecule has 13 heavy (non-hydrogen) atoms. The Morgan fingerprint density at radius 2 is 2.15 bits per heavy atom. The topological polar surface area (TPSA) is 57.5 Å². The standard InChI is InChI=1S/C10H18O3/c1-3-4-5-9(11)7-6-8(2)10(12)13/h6,9,11H,3-5,7H2,1-2H3,(H,12,13). The van der Waals surface area contributed by atoms with Crippen LogP contribution in [0.15, 0.2) is 11.6 Å². The molecule has 0 aromatic rings. The van der Waals surface area contributed by atoms with Crippen molar-refractivity contribution in [1.82, 2.24) is 0 Å². The summed E-state index contributed by atoms with van der Waals surface area (Å²) < 4.78 is 0. The van der Waals surface area contributed by atoms with Crippen LogP contribution in [0.3, 0.4) is 0 Å². The molecule has 0 aromatic heterocycles. The molecule has 3 heteroatoms. The summed E-state index contributed by atoms with van der Waals surface area (Å²) in [5.41, 5.74) is 0.301. The number of aliphatic hydroxyl groups is 1. The smallest absolute Gasteiger partial charge is 0.330 e. The highest BCUT2D eigenvalue weighted by molar-refractivity contribution is 5.85. The summed E-state index contributed by atoms with van der Waals surface area (Å²) >= 11 is 0. The van der Waals surface area contributed by atoms with Crippen molar-refractivity contribution in [3.05, 3.63) is 11.6 Å². The van der Waals surface area contributed by atoms with E-state index in [1.165, 1.54) is 6.92 Å². The minimum absolute atomic E-state index is 0.301. The summed E-state index contributed by atoms with van der Waals surface area (Å²) in [5, 5.41) is 17.9. The van der Waals surface area contributed by atoms with Crippen molar-refractivity contribution in [3.8, 4) is 0 Å². The Hall–Kier alpha value is -0.830. The third kappa shape index (κ3) is 6.34. The van der Waals surface area contributed by atoms with Crippen LogP contribution >= 0.6 is 0 Å². The molecule has 1 unspecified atom stereocenters. The van der Waals surface area contributed by atoms with E-state index in [1.54, 1.807) is 6.08 Å². The molecule has 3 nitrogen and oxygen atoms in total. The lowest BCUT2D eigenvalue weighted by atomic mass is 10.1. The van der Waals surface area contributed by atoms with Crippen molar-refractivity contribution >= 4 is 5.97 Å². The largest absolute Gasteiger partial charge is 0.478 e. The molecule has 0 aromatic carbocycles. The first-order chi connectivity index (χ1) is 6.07. The number of carbonyl (C=O) groups is 1. The molecular weight excluding hydrogens is 168 g/mol. The maximum atomic E-state index is 10.4. The Morgan fingerprint density at radius 1 is 1.54 bits per heavy atom.